The summed E-state index contributed by atoms with van der Waals surface area (Å²) in [5.74, 6) is -1.90. The second kappa shape index (κ2) is 3.43. The predicted molar refractivity (Wildman–Crippen MR) is 49.5 cm³/mol. The molecule has 0 saturated carbocycles. The van der Waals surface area contributed by atoms with Crippen molar-refractivity contribution in [2.75, 3.05) is 6.79 Å². The summed E-state index contributed by atoms with van der Waals surface area (Å²) >= 11 is 5.73. The van der Waals surface area contributed by atoms with Gasteiger partial charge in [0.25, 0.3) is 5.78 Å². The summed E-state index contributed by atoms with van der Waals surface area (Å²) in [4.78, 5) is 21.7. The van der Waals surface area contributed by atoms with Crippen LogP contribution in [0.25, 0.3) is 0 Å². The Bertz CT molecular complexity index is 454. The van der Waals surface area contributed by atoms with Crippen LogP contribution in [0, 0.1) is 0 Å². The fourth-order valence-corrected chi connectivity index (χ4v) is 1.45. The number of ketones is 1. The first-order valence-corrected chi connectivity index (χ1v) is 4.34. The number of rotatable bonds is 2. The molecule has 5 nitrogen and oxygen atoms in total. The van der Waals surface area contributed by atoms with Crippen LogP contribution in [0.3, 0.4) is 0 Å². The molecular weight excluding hydrogens is 224 g/mol. The molecule has 0 spiro atoms. The van der Waals surface area contributed by atoms with Gasteiger partial charge in [0.2, 0.25) is 6.79 Å². The maximum Gasteiger partial charge on any atom is 0.377 e. The van der Waals surface area contributed by atoms with Gasteiger partial charge >= 0.3 is 5.97 Å². The van der Waals surface area contributed by atoms with Crippen LogP contribution in [0.2, 0.25) is 5.02 Å². The second-order valence-corrected chi connectivity index (χ2v) is 3.23. The SMILES string of the molecule is O=C(O)C(=O)c1cc2c(cc1Cl)OCO2. The highest BCUT2D eigenvalue weighted by Gasteiger charge is 2.23. The van der Waals surface area contributed by atoms with Gasteiger partial charge in [-0.15, -0.1) is 0 Å². The van der Waals surface area contributed by atoms with Crippen molar-refractivity contribution in [3.63, 3.8) is 0 Å². The lowest BCUT2D eigenvalue weighted by atomic mass is 10.1. The quantitative estimate of drug-likeness (QED) is 0.611. The first-order valence-electron chi connectivity index (χ1n) is 3.96. The number of aliphatic carboxylic acids is 1. The standard InChI is InChI=1S/C9H5ClO5/c10-5-2-7-6(14-3-15-7)1-4(5)8(11)9(12)13/h1-2H,3H2,(H,12,13). The van der Waals surface area contributed by atoms with Gasteiger partial charge in [-0.1, -0.05) is 11.6 Å². The molecule has 15 heavy (non-hydrogen) atoms. The minimum Gasteiger partial charge on any atom is -0.475 e. The van der Waals surface area contributed by atoms with E-state index in [0.29, 0.717) is 11.5 Å². The smallest absolute Gasteiger partial charge is 0.377 e. The molecular formula is C9H5ClO5. The molecule has 0 amide bonds. The Morgan fingerprint density at radius 2 is 1.87 bits per heavy atom. The van der Waals surface area contributed by atoms with Crippen molar-refractivity contribution < 1.29 is 24.2 Å². The topological polar surface area (TPSA) is 72.8 Å². The number of carbonyl (C=O) groups is 2. The van der Waals surface area contributed by atoms with E-state index >= 15 is 0 Å². The van der Waals surface area contributed by atoms with E-state index in [0.717, 1.165) is 0 Å². The molecule has 1 heterocycles. The molecule has 0 unspecified atom stereocenters. The van der Waals surface area contributed by atoms with Gasteiger partial charge in [0.15, 0.2) is 11.5 Å². The maximum atomic E-state index is 11.2. The molecule has 1 aliphatic rings. The monoisotopic (exact) mass is 228 g/mol. The van der Waals surface area contributed by atoms with Gasteiger partial charge in [-0.25, -0.2) is 4.79 Å². The zero-order valence-corrected chi connectivity index (χ0v) is 8.08. The number of halogens is 1. The molecule has 2 rings (SSSR count). The largest absolute Gasteiger partial charge is 0.475 e. The number of Topliss-reactive ketones (excluding diaryl/α,β-unsaturated/α-hetero) is 1. The van der Waals surface area contributed by atoms with Crippen LogP contribution in [-0.4, -0.2) is 23.7 Å². The Morgan fingerprint density at radius 1 is 1.27 bits per heavy atom. The van der Waals surface area contributed by atoms with Gasteiger partial charge in [-0.2, -0.15) is 0 Å². The average Bonchev–Trinajstić information content (AvgIpc) is 2.62. The Morgan fingerprint density at radius 3 is 2.47 bits per heavy atom. The van der Waals surface area contributed by atoms with E-state index < -0.39 is 11.8 Å². The molecule has 78 valence electrons. The van der Waals surface area contributed by atoms with Gasteiger partial charge in [-0.05, 0) is 6.07 Å². The Labute approximate surface area is 89.2 Å². The van der Waals surface area contributed by atoms with Crippen molar-refractivity contribution in [3.8, 4) is 11.5 Å². The fourth-order valence-electron chi connectivity index (χ4n) is 1.21. The zero-order chi connectivity index (χ0) is 11.0. The van der Waals surface area contributed by atoms with E-state index in [4.69, 9.17) is 26.2 Å². The molecule has 1 aliphatic heterocycles. The number of hydrogen-bond donors (Lipinski definition) is 1. The molecule has 6 heteroatoms. The third-order valence-corrected chi connectivity index (χ3v) is 2.21. The number of ether oxygens (including phenoxy) is 2. The summed E-state index contributed by atoms with van der Waals surface area (Å²) in [5, 5.41) is 8.56. The van der Waals surface area contributed by atoms with Gasteiger partial charge in [-0.3, -0.25) is 4.79 Å². The minimum atomic E-state index is -1.56. The Kier molecular flexibility index (Phi) is 2.24. The summed E-state index contributed by atoms with van der Waals surface area (Å²) in [5.41, 5.74) is -0.103. The van der Waals surface area contributed by atoms with E-state index in [-0.39, 0.29) is 17.4 Å². The highest BCUT2D eigenvalue weighted by molar-refractivity contribution is 6.45. The van der Waals surface area contributed by atoms with Crippen LogP contribution in [0.15, 0.2) is 12.1 Å². The highest BCUT2D eigenvalue weighted by Crippen LogP contribution is 2.36. The molecule has 0 radical (unpaired) electrons. The number of carboxylic acid groups (broad SMARTS) is 1. The van der Waals surface area contributed by atoms with Crippen LogP contribution in [0.1, 0.15) is 10.4 Å². The van der Waals surface area contributed by atoms with Gasteiger partial charge in [0.05, 0.1) is 10.6 Å². The van der Waals surface area contributed by atoms with Crippen molar-refractivity contribution in [2.24, 2.45) is 0 Å². The molecule has 0 aliphatic carbocycles. The number of fused-ring (bicyclic) bond motifs is 1. The first kappa shape index (κ1) is 9.79. The number of benzene rings is 1. The van der Waals surface area contributed by atoms with Crippen molar-refractivity contribution in [1.29, 1.82) is 0 Å². The summed E-state index contributed by atoms with van der Waals surface area (Å²) in [6.45, 7) is 0.0381. The summed E-state index contributed by atoms with van der Waals surface area (Å²) in [6.07, 6.45) is 0. The number of carbonyl (C=O) groups excluding carboxylic acids is 1. The van der Waals surface area contributed by atoms with E-state index in [1.54, 1.807) is 0 Å². The number of carboxylic acids is 1. The second-order valence-electron chi connectivity index (χ2n) is 2.82. The first-order chi connectivity index (χ1) is 7.09. The summed E-state index contributed by atoms with van der Waals surface area (Å²) < 4.78 is 10.0. The molecule has 1 aromatic rings. The van der Waals surface area contributed by atoms with E-state index in [1.807, 2.05) is 0 Å². The van der Waals surface area contributed by atoms with E-state index in [9.17, 15) is 9.59 Å². The highest BCUT2D eigenvalue weighted by atomic mass is 35.5. The third-order valence-electron chi connectivity index (χ3n) is 1.90. The lowest BCUT2D eigenvalue weighted by Crippen LogP contribution is -2.13. The third kappa shape index (κ3) is 1.61. The van der Waals surface area contributed by atoms with Gasteiger partial charge in [0.1, 0.15) is 0 Å². The normalized spacial score (nSPS) is 12.6. The molecule has 0 fully saturated rings. The zero-order valence-electron chi connectivity index (χ0n) is 7.32. The predicted octanol–water partition coefficient (Wildman–Crippen LogP) is 1.34. The van der Waals surface area contributed by atoms with Crippen molar-refractivity contribution >= 4 is 23.4 Å². The van der Waals surface area contributed by atoms with Gasteiger partial charge < -0.3 is 14.6 Å². The Hall–Kier alpha value is -1.75. The van der Waals surface area contributed by atoms with Crippen molar-refractivity contribution in [3.05, 3.63) is 22.7 Å². The van der Waals surface area contributed by atoms with Gasteiger partial charge in [0, 0.05) is 6.07 Å². The van der Waals surface area contributed by atoms with E-state index in [2.05, 4.69) is 0 Å². The lowest BCUT2D eigenvalue weighted by Gasteiger charge is -2.01. The summed E-state index contributed by atoms with van der Waals surface area (Å²) in [7, 11) is 0. The van der Waals surface area contributed by atoms with Crippen LogP contribution in [0.4, 0.5) is 0 Å². The van der Waals surface area contributed by atoms with Crippen molar-refractivity contribution in [1.82, 2.24) is 0 Å². The van der Waals surface area contributed by atoms with Crippen molar-refractivity contribution in [2.45, 2.75) is 0 Å². The minimum absolute atomic E-state index is 0.0339. The molecule has 0 aromatic heterocycles. The fraction of sp³-hybridized carbons (Fsp3) is 0.111. The molecule has 0 bridgehead atoms. The summed E-state index contributed by atoms with van der Waals surface area (Å²) in [6, 6.07) is 2.63. The number of hydrogen-bond acceptors (Lipinski definition) is 4. The van der Waals surface area contributed by atoms with Crippen LogP contribution in [0.5, 0.6) is 11.5 Å². The molecule has 1 N–H and O–H groups in total. The van der Waals surface area contributed by atoms with Crippen LogP contribution in [-0.2, 0) is 4.79 Å². The van der Waals surface area contributed by atoms with Crippen LogP contribution >= 0.6 is 11.6 Å². The molecule has 1 aromatic carbocycles. The lowest BCUT2D eigenvalue weighted by molar-refractivity contribution is -0.131. The molecule has 0 atom stereocenters. The maximum absolute atomic E-state index is 11.2. The van der Waals surface area contributed by atoms with E-state index in [1.165, 1.54) is 12.1 Å². The average molecular weight is 229 g/mol. The van der Waals surface area contributed by atoms with Crippen LogP contribution < -0.4 is 9.47 Å². The molecule has 0 saturated heterocycles. The Balaban J connectivity index is 2.49.